The minimum atomic E-state index is -0.268. The summed E-state index contributed by atoms with van der Waals surface area (Å²) in [5.74, 6) is 1.22. The summed E-state index contributed by atoms with van der Waals surface area (Å²) >= 11 is 1.49. The summed E-state index contributed by atoms with van der Waals surface area (Å²) in [6.07, 6.45) is 4.76. The number of aromatic nitrogens is 3. The molecule has 0 bridgehead atoms. The molecule has 0 aromatic carbocycles. The molecule has 2 N–H and O–H groups in total. The summed E-state index contributed by atoms with van der Waals surface area (Å²) in [7, 11) is 0. The number of rotatable bonds is 5. The number of carbonyl (C=O) groups excluding carboxylic acids is 1. The molecular formula is C19H25N5O2S. The van der Waals surface area contributed by atoms with Crippen molar-refractivity contribution < 1.29 is 9.90 Å². The molecular weight excluding hydrogens is 362 g/mol. The third-order valence-corrected chi connectivity index (χ3v) is 6.70. The van der Waals surface area contributed by atoms with E-state index in [-0.39, 0.29) is 18.1 Å². The molecule has 1 atom stereocenters. The first-order valence-corrected chi connectivity index (χ1v) is 10.4. The van der Waals surface area contributed by atoms with E-state index < -0.39 is 0 Å². The molecule has 7 nitrogen and oxygen atoms in total. The highest BCUT2D eigenvalue weighted by Crippen LogP contribution is 2.37. The summed E-state index contributed by atoms with van der Waals surface area (Å²) in [6.45, 7) is 5.41. The van der Waals surface area contributed by atoms with Crippen molar-refractivity contribution in [2.24, 2.45) is 0 Å². The van der Waals surface area contributed by atoms with Crippen LogP contribution in [0.25, 0.3) is 0 Å². The van der Waals surface area contributed by atoms with Gasteiger partial charge < -0.3 is 15.3 Å². The Morgan fingerprint density at radius 2 is 2.22 bits per heavy atom. The first kappa shape index (κ1) is 18.3. The van der Waals surface area contributed by atoms with E-state index in [1.165, 1.54) is 11.3 Å². The number of carbonyl (C=O) groups is 1. The second-order valence-corrected chi connectivity index (χ2v) is 8.49. The van der Waals surface area contributed by atoms with E-state index in [2.05, 4.69) is 32.1 Å². The fraction of sp³-hybridized carbons (Fsp3) is 0.579. The summed E-state index contributed by atoms with van der Waals surface area (Å²) in [4.78, 5) is 28.6. The molecule has 8 heteroatoms. The van der Waals surface area contributed by atoms with Crippen LogP contribution < -0.4 is 10.2 Å². The van der Waals surface area contributed by atoms with E-state index in [4.69, 9.17) is 0 Å². The van der Waals surface area contributed by atoms with Crippen molar-refractivity contribution in [3.8, 4) is 0 Å². The molecule has 2 fully saturated rings. The number of aryl methyl sites for hydroxylation is 2. The molecule has 1 saturated carbocycles. The first-order chi connectivity index (χ1) is 13.0. The average molecular weight is 388 g/mol. The van der Waals surface area contributed by atoms with Gasteiger partial charge >= 0.3 is 0 Å². The molecule has 1 saturated heterocycles. The maximum absolute atomic E-state index is 12.5. The predicted molar refractivity (Wildman–Crippen MR) is 104 cm³/mol. The molecule has 1 aliphatic heterocycles. The fourth-order valence-corrected chi connectivity index (χ4v) is 4.66. The van der Waals surface area contributed by atoms with Gasteiger partial charge in [0.1, 0.15) is 17.0 Å². The van der Waals surface area contributed by atoms with Crippen molar-refractivity contribution in [3.63, 3.8) is 0 Å². The van der Waals surface area contributed by atoms with Crippen LogP contribution in [0.15, 0.2) is 12.4 Å². The first-order valence-electron chi connectivity index (χ1n) is 9.55. The van der Waals surface area contributed by atoms with Crippen LogP contribution in [-0.4, -0.2) is 51.2 Å². The summed E-state index contributed by atoms with van der Waals surface area (Å²) in [5, 5.41) is 13.9. The van der Waals surface area contributed by atoms with Crippen LogP contribution in [0, 0.1) is 6.92 Å². The normalized spacial score (nSPS) is 24.7. The van der Waals surface area contributed by atoms with Crippen molar-refractivity contribution in [3.05, 3.63) is 33.7 Å². The average Bonchev–Trinajstić information content (AvgIpc) is 3.23. The fourth-order valence-electron chi connectivity index (χ4n) is 3.75. The van der Waals surface area contributed by atoms with Crippen LogP contribution in [0.4, 0.5) is 5.82 Å². The van der Waals surface area contributed by atoms with Gasteiger partial charge in [0.25, 0.3) is 5.91 Å². The molecule has 4 rings (SSSR count). The van der Waals surface area contributed by atoms with Gasteiger partial charge in [0, 0.05) is 36.8 Å². The molecule has 2 aromatic heterocycles. The highest BCUT2D eigenvalue weighted by molar-refractivity contribution is 7.13. The second kappa shape index (κ2) is 7.52. The Balaban J connectivity index is 1.34. The number of nitrogens with one attached hydrogen (secondary N) is 1. The number of hydrogen-bond acceptors (Lipinski definition) is 7. The van der Waals surface area contributed by atoms with Gasteiger partial charge in [0.2, 0.25) is 0 Å². The minimum Gasteiger partial charge on any atom is -0.391 e. The molecule has 1 unspecified atom stereocenters. The van der Waals surface area contributed by atoms with Gasteiger partial charge in [0.15, 0.2) is 0 Å². The smallest absolute Gasteiger partial charge is 0.263 e. The Bertz CT molecular complexity index is 833. The van der Waals surface area contributed by atoms with Crippen molar-refractivity contribution in [2.45, 2.75) is 57.6 Å². The lowest BCUT2D eigenvalue weighted by atomic mass is 9.78. The SMILES string of the molecule is CCc1nc(C)c(C(=O)NC2CC(c3cc(N4CCC(O)C4)ncn3)C2)s1. The van der Waals surface area contributed by atoms with E-state index in [0.717, 1.165) is 59.3 Å². The standard InChI is InChI=1S/C19H25N5O2S/c1-3-17-22-11(2)18(27-17)19(26)23-13-6-12(7-13)15-8-16(21-10-20-15)24-5-4-14(25)9-24/h8,10,12-14,25H,3-7,9H2,1-2H3,(H,23,26). The van der Waals surface area contributed by atoms with E-state index >= 15 is 0 Å². The Morgan fingerprint density at radius 1 is 1.41 bits per heavy atom. The van der Waals surface area contributed by atoms with Crippen LogP contribution in [-0.2, 0) is 6.42 Å². The van der Waals surface area contributed by atoms with Crippen molar-refractivity contribution in [1.29, 1.82) is 0 Å². The van der Waals surface area contributed by atoms with Gasteiger partial charge in [0.05, 0.1) is 16.8 Å². The van der Waals surface area contributed by atoms with E-state index in [9.17, 15) is 9.90 Å². The number of thiazole rings is 1. The zero-order chi connectivity index (χ0) is 19.0. The molecule has 0 radical (unpaired) electrons. The number of β-amino-alcohol motifs (C(OH)–C–C–N with tert-alkyl or cyclic N) is 1. The molecule has 1 amide bonds. The summed E-state index contributed by atoms with van der Waals surface area (Å²) < 4.78 is 0. The topological polar surface area (TPSA) is 91.2 Å². The Hall–Kier alpha value is -2.06. The highest BCUT2D eigenvalue weighted by Gasteiger charge is 2.34. The largest absolute Gasteiger partial charge is 0.391 e. The van der Waals surface area contributed by atoms with E-state index in [0.29, 0.717) is 12.5 Å². The minimum absolute atomic E-state index is 0.0115. The molecule has 2 aliphatic rings. The lowest BCUT2D eigenvalue weighted by molar-refractivity contribution is 0.0911. The molecule has 0 spiro atoms. The predicted octanol–water partition coefficient (Wildman–Crippen LogP) is 2.05. The molecule has 27 heavy (non-hydrogen) atoms. The Labute approximate surface area is 162 Å². The summed E-state index contributed by atoms with van der Waals surface area (Å²) in [6, 6.07) is 2.21. The van der Waals surface area contributed by atoms with Gasteiger partial charge in [-0.3, -0.25) is 4.79 Å². The second-order valence-electron chi connectivity index (χ2n) is 7.40. The van der Waals surface area contributed by atoms with Crippen LogP contribution in [0.2, 0.25) is 0 Å². The number of anilines is 1. The number of aliphatic hydroxyl groups is 1. The number of aliphatic hydroxyl groups excluding tert-OH is 1. The lowest BCUT2D eigenvalue weighted by Crippen LogP contribution is -2.43. The maximum Gasteiger partial charge on any atom is 0.263 e. The van der Waals surface area contributed by atoms with Crippen LogP contribution in [0.1, 0.15) is 58.2 Å². The highest BCUT2D eigenvalue weighted by atomic mass is 32.1. The molecule has 1 aliphatic carbocycles. The van der Waals surface area contributed by atoms with E-state index in [1.807, 2.05) is 13.0 Å². The number of nitrogens with zero attached hydrogens (tertiary/aromatic N) is 4. The van der Waals surface area contributed by atoms with Crippen LogP contribution in [0.3, 0.4) is 0 Å². The molecule has 2 aromatic rings. The van der Waals surface area contributed by atoms with Crippen molar-refractivity contribution in [1.82, 2.24) is 20.3 Å². The third-order valence-electron chi connectivity index (χ3n) is 5.40. The van der Waals surface area contributed by atoms with E-state index in [1.54, 1.807) is 6.33 Å². The summed E-state index contributed by atoms with van der Waals surface area (Å²) in [5.41, 5.74) is 1.84. The van der Waals surface area contributed by atoms with Crippen molar-refractivity contribution >= 4 is 23.1 Å². The van der Waals surface area contributed by atoms with Crippen LogP contribution in [0.5, 0.6) is 0 Å². The zero-order valence-electron chi connectivity index (χ0n) is 15.7. The van der Waals surface area contributed by atoms with Gasteiger partial charge in [-0.15, -0.1) is 11.3 Å². The van der Waals surface area contributed by atoms with Gasteiger partial charge in [-0.05, 0) is 32.6 Å². The molecule has 3 heterocycles. The zero-order valence-corrected chi connectivity index (χ0v) is 16.5. The van der Waals surface area contributed by atoms with Crippen molar-refractivity contribution in [2.75, 3.05) is 18.0 Å². The quantitative estimate of drug-likeness (QED) is 0.816. The van der Waals surface area contributed by atoms with Gasteiger partial charge in [-0.2, -0.15) is 0 Å². The van der Waals surface area contributed by atoms with Gasteiger partial charge in [-0.25, -0.2) is 15.0 Å². The maximum atomic E-state index is 12.5. The molecule has 144 valence electrons. The Morgan fingerprint density at radius 3 is 2.89 bits per heavy atom. The number of hydrogen-bond donors (Lipinski definition) is 2. The number of amides is 1. The monoisotopic (exact) mass is 387 g/mol. The van der Waals surface area contributed by atoms with Crippen LogP contribution >= 0.6 is 11.3 Å². The lowest BCUT2D eigenvalue weighted by Gasteiger charge is -2.35. The Kier molecular flexibility index (Phi) is 5.10. The van der Waals surface area contributed by atoms with Gasteiger partial charge in [-0.1, -0.05) is 6.92 Å². The third kappa shape index (κ3) is 3.82.